The van der Waals surface area contributed by atoms with Crippen LogP contribution in [0, 0.1) is 0 Å². The van der Waals surface area contributed by atoms with Crippen LogP contribution in [0.15, 0.2) is 41.8 Å². The Morgan fingerprint density at radius 1 is 1.24 bits per heavy atom. The molecule has 1 aliphatic carbocycles. The van der Waals surface area contributed by atoms with E-state index < -0.39 is 0 Å². The number of likely N-dealkylation sites (N-methyl/N-ethyl adjacent to an activating group) is 1. The lowest BCUT2D eigenvalue weighted by Crippen LogP contribution is -2.30. The van der Waals surface area contributed by atoms with E-state index in [1.807, 2.05) is 11.3 Å². The molecule has 1 atom stereocenters. The van der Waals surface area contributed by atoms with Crippen LogP contribution in [-0.4, -0.2) is 25.5 Å². The Hall–Kier alpha value is -1.16. The summed E-state index contributed by atoms with van der Waals surface area (Å²) in [6, 6.07) is 13.9. The first-order valence-corrected chi connectivity index (χ1v) is 8.61. The summed E-state index contributed by atoms with van der Waals surface area (Å²) in [6.07, 6.45) is 2.75. The maximum absolute atomic E-state index is 3.62. The van der Waals surface area contributed by atoms with Gasteiger partial charge in [0.2, 0.25) is 0 Å². The first-order valence-electron chi connectivity index (χ1n) is 7.73. The molecule has 1 aromatic heterocycles. The average molecular weight is 300 g/mol. The Labute approximate surface area is 131 Å². The van der Waals surface area contributed by atoms with E-state index in [1.54, 1.807) is 0 Å². The summed E-state index contributed by atoms with van der Waals surface area (Å²) < 4.78 is 0. The van der Waals surface area contributed by atoms with Crippen LogP contribution in [0.2, 0.25) is 0 Å². The van der Waals surface area contributed by atoms with Gasteiger partial charge in [-0.05, 0) is 55.4 Å². The molecular formula is C18H24N2S. The molecule has 3 heteroatoms. The van der Waals surface area contributed by atoms with Gasteiger partial charge in [-0.25, -0.2) is 0 Å². The molecule has 1 N–H and O–H groups in total. The Balaban J connectivity index is 1.56. The Morgan fingerprint density at radius 2 is 2.10 bits per heavy atom. The van der Waals surface area contributed by atoms with Gasteiger partial charge in [0.15, 0.2) is 0 Å². The first-order chi connectivity index (χ1) is 10.2. The number of nitrogens with zero attached hydrogens (tertiary/aromatic N) is 1. The third kappa shape index (κ3) is 3.94. The zero-order valence-corrected chi connectivity index (χ0v) is 13.7. The van der Waals surface area contributed by atoms with Gasteiger partial charge in [-0.15, -0.1) is 11.3 Å². The van der Waals surface area contributed by atoms with E-state index in [9.17, 15) is 0 Å². The Bertz CT molecular complexity index is 558. The van der Waals surface area contributed by atoms with Gasteiger partial charge in [-0.1, -0.05) is 30.3 Å². The number of hydrogen-bond donors (Lipinski definition) is 1. The number of benzene rings is 1. The average Bonchev–Trinajstić information content (AvgIpc) is 3.20. The molecule has 0 saturated heterocycles. The highest BCUT2D eigenvalue weighted by molar-refractivity contribution is 7.10. The summed E-state index contributed by atoms with van der Waals surface area (Å²) in [5.74, 6) is 0.839. The standard InChI is InChI=1S/C18H24N2S/c1-20(2)17(18-7-4-10-21-18)13-19-12-14-5-3-6-16(11-14)15-8-9-15/h3-7,10-11,15,17,19H,8-9,12-13H2,1-2H3. The van der Waals surface area contributed by atoms with E-state index in [2.05, 4.69) is 66.1 Å². The van der Waals surface area contributed by atoms with Crippen molar-refractivity contribution in [3.63, 3.8) is 0 Å². The van der Waals surface area contributed by atoms with E-state index >= 15 is 0 Å². The van der Waals surface area contributed by atoms with Crippen LogP contribution < -0.4 is 5.32 Å². The molecule has 21 heavy (non-hydrogen) atoms. The summed E-state index contributed by atoms with van der Waals surface area (Å²) in [4.78, 5) is 3.72. The summed E-state index contributed by atoms with van der Waals surface area (Å²) in [6.45, 7) is 1.94. The quantitative estimate of drug-likeness (QED) is 0.831. The molecular weight excluding hydrogens is 276 g/mol. The second kappa shape index (κ2) is 6.73. The van der Waals surface area contributed by atoms with Crippen LogP contribution in [-0.2, 0) is 6.54 Å². The van der Waals surface area contributed by atoms with Gasteiger partial charge in [0.25, 0.3) is 0 Å². The van der Waals surface area contributed by atoms with Gasteiger partial charge in [-0.3, -0.25) is 0 Å². The predicted molar refractivity (Wildman–Crippen MR) is 90.9 cm³/mol. The normalized spacial score (nSPS) is 16.3. The van der Waals surface area contributed by atoms with Gasteiger partial charge >= 0.3 is 0 Å². The van der Waals surface area contributed by atoms with Gasteiger partial charge < -0.3 is 10.2 Å². The topological polar surface area (TPSA) is 15.3 Å². The molecule has 112 valence electrons. The number of hydrogen-bond acceptors (Lipinski definition) is 3. The largest absolute Gasteiger partial charge is 0.311 e. The molecule has 1 aromatic carbocycles. The fourth-order valence-corrected chi connectivity index (χ4v) is 3.67. The highest BCUT2D eigenvalue weighted by atomic mass is 32.1. The van der Waals surface area contributed by atoms with Crippen molar-refractivity contribution in [1.82, 2.24) is 10.2 Å². The molecule has 2 nitrogen and oxygen atoms in total. The number of thiophene rings is 1. The first kappa shape index (κ1) is 14.8. The second-order valence-corrected chi connectivity index (χ2v) is 7.12. The molecule has 1 fully saturated rings. The summed E-state index contributed by atoms with van der Waals surface area (Å²) >= 11 is 1.84. The zero-order chi connectivity index (χ0) is 14.7. The highest BCUT2D eigenvalue weighted by Gasteiger charge is 2.23. The van der Waals surface area contributed by atoms with Crippen LogP contribution in [0.3, 0.4) is 0 Å². The maximum Gasteiger partial charge on any atom is 0.0561 e. The van der Waals surface area contributed by atoms with Crippen molar-refractivity contribution < 1.29 is 0 Å². The lowest BCUT2D eigenvalue weighted by atomic mass is 10.1. The lowest BCUT2D eigenvalue weighted by molar-refractivity contribution is 0.292. The summed E-state index contributed by atoms with van der Waals surface area (Å²) in [5, 5.41) is 5.78. The SMILES string of the molecule is CN(C)C(CNCc1cccc(C2CC2)c1)c1cccs1. The lowest BCUT2D eigenvalue weighted by Gasteiger charge is -2.23. The molecule has 1 heterocycles. The van der Waals surface area contributed by atoms with Gasteiger partial charge in [0, 0.05) is 18.0 Å². The van der Waals surface area contributed by atoms with Crippen molar-refractivity contribution in [2.75, 3.05) is 20.6 Å². The zero-order valence-electron chi connectivity index (χ0n) is 12.9. The van der Waals surface area contributed by atoms with E-state index in [0.717, 1.165) is 19.0 Å². The van der Waals surface area contributed by atoms with Crippen molar-refractivity contribution in [2.45, 2.75) is 31.3 Å². The van der Waals surface area contributed by atoms with Gasteiger partial charge in [0.1, 0.15) is 0 Å². The molecule has 0 aliphatic heterocycles. The van der Waals surface area contributed by atoms with Crippen molar-refractivity contribution in [2.24, 2.45) is 0 Å². The maximum atomic E-state index is 3.62. The van der Waals surface area contributed by atoms with Crippen molar-refractivity contribution in [1.29, 1.82) is 0 Å². The molecule has 0 amide bonds. The predicted octanol–water partition coefficient (Wildman–Crippen LogP) is 4.02. The molecule has 1 saturated carbocycles. The minimum Gasteiger partial charge on any atom is -0.311 e. The van der Waals surface area contributed by atoms with Crippen LogP contribution in [0.25, 0.3) is 0 Å². The Morgan fingerprint density at radius 3 is 2.76 bits per heavy atom. The molecule has 0 spiro atoms. The van der Waals surface area contributed by atoms with E-state index in [-0.39, 0.29) is 0 Å². The third-order valence-electron chi connectivity index (χ3n) is 4.16. The number of nitrogens with one attached hydrogen (secondary N) is 1. The second-order valence-electron chi connectivity index (χ2n) is 6.15. The summed E-state index contributed by atoms with van der Waals surface area (Å²) in [7, 11) is 4.31. The Kier molecular flexibility index (Phi) is 4.73. The third-order valence-corrected chi connectivity index (χ3v) is 5.14. The molecule has 1 unspecified atom stereocenters. The van der Waals surface area contributed by atoms with Crippen molar-refractivity contribution >= 4 is 11.3 Å². The minimum absolute atomic E-state index is 0.455. The van der Waals surface area contributed by atoms with Crippen LogP contribution in [0.4, 0.5) is 0 Å². The fourth-order valence-electron chi connectivity index (χ4n) is 2.75. The van der Waals surface area contributed by atoms with Gasteiger partial charge in [0.05, 0.1) is 6.04 Å². The van der Waals surface area contributed by atoms with E-state index in [1.165, 1.54) is 28.8 Å². The van der Waals surface area contributed by atoms with Crippen molar-refractivity contribution in [3.05, 3.63) is 57.8 Å². The number of rotatable bonds is 7. The van der Waals surface area contributed by atoms with Crippen LogP contribution in [0.5, 0.6) is 0 Å². The molecule has 0 bridgehead atoms. The molecule has 0 radical (unpaired) electrons. The van der Waals surface area contributed by atoms with Gasteiger partial charge in [-0.2, -0.15) is 0 Å². The monoisotopic (exact) mass is 300 g/mol. The highest BCUT2D eigenvalue weighted by Crippen LogP contribution is 2.40. The molecule has 3 rings (SSSR count). The fraction of sp³-hybridized carbons (Fsp3) is 0.444. The van der Waals surface area contributed by atoms with Crippen LogP contribution in [0.1, 0.15) is 40.8 Å². The van der Waals surface area contributed by atoms with E-state index in [4.69, 9.17) is 0 Å². The molecule has 1 aliphatic rings. The smallest absolute Gasteiger partial charge is 0.0561 e. The minimum atomic E-state index is 0.455. The summed E-state index contributed by atoms with van der Waals surface area (Å²) in [5.41, 5.74) is 2.93. The van der Waals surface area contributed by atoms with E-state index in [0.29, 0.717) is 6.04 Å². The van der Waals surface area contributed by atoms with Crippen LogP contribution >= 0.6 is 11.3 Å². The molecule has 2 aromatic rings. The van der Waals surface area contributed by atoms with Crippen molar-refractivity contribution in [3.8, 4) is 0 Å².